The fraction of sp³-hybridized carbons (Fsp3) is 0.0244. The first-order valence-corrected chi connectivity index (χ1v) is 15.7. The van der Waals surface area contributed by atoms with Crippen molar-refractivity contribution in [2.75, 3.05) is 0 Å². The van der Waals surface area contributed by atoms with Crippen LogP contribution in [0, 0.1) is 6.08 Å². The van der Waals surface area contributed by atoms with Gasteiger partial charge < -0.3 is 10.2 Å². The summed E-state index contributed by atoms with van der Waals surface area (Å²) in [5.41, 5.74) is 0.719. The van der Waals surface area contributed by atoms with Crippen molar-refractivity contribution in [3.8, 4) is 0 Å². The number of aromatic carboxylic acids is 2. The van der Waals surface area contributed by atoms with Crippen LogP contribution >= 0.6 is 0 Å². The van der Waals surface area contributed by atoms with Crippen LogP contribution < -0.4 is 0 Å². The molecule has 0 heterocycles. The summed E-state index contributed by atoms with van der Waals surface area (Å²) in [5.74, 6) is -1.76. The van der Waals surface area contributed by atoms with Gasteiger partial charge in [-0.1, -0.05) is 109 Å². The second kappa shape index (κ2) is 17.3. The van der Waals surface area contributed by atoms with E-state index in [9.17, 15) is 9.59 Å². The summed E-state index contributed by atoms with van der Waals surface area (Å²) in [6.07, 6.45) is 10.0. The molecule has 0 saturated heterocycles. The smallest absolute Gasteiger partial charge is 0.0771 e. The maximum atomic E-state index is 10.8. The summed E-state index contributed by atoms with van der Waals surface area (Å²) in [4.78, 5) is 24.9. The predicted octanol–water partition coefficient (Wildman–Crippen LogP) is 10.1. The van der Waals surface area contributed by atoms with Crippen LogP contribution in [0.25, 0.3) is 43.1 Å². The molecule has 0 aliphatic heterocycles. The largest absolute Gasteiger partial charge is 0.126 e. The number of benzene rings is 6. The zero-order valence-electron chi connectivity index (χ0n) is 25.1. The van der Waals surface area contributed by atoms with E-state index in [0.717, 1.165) is 28.0 Å². The van der Waals surface area contributed by atoms with Crippen molar-refractivity contribution in [1.29, 1.82) is 0 Å². The molecule has 0 amide bonds. The molecule has 0 saturated carbocycles. The number of carbonyl (C=O) groups is 2. The quantitative estimate of drug-likeness (QED) is 0.146. The van der Waals surface area contributed by atoms with Crippen LogP contribution in [0.3, 0.4) is 0 Å². The van der Waals surface area contributed by atoms with Gasteiger partial charge in [0.25, 0.3) is 0 Å². The zero-order valence-corrected chi connectivity index (χ0v) is 26.7. The fourth-order valence-corrected chi connectivity index (χ4v) is 5.07. The molecule has 46 heavy (non-hydrogen) atoms. The summed E-state index contributed by atoms with van der Waals surface area (Å²) in [6.45, 7) is 0. The Morgan fingerprint density at radius 1 is 0.565 bits per heavy atom. The first-order valence-electron chi connectivity index (χ1n) is 14.6. The summed E-state index contributed by atoms with van der Waals surface area (Å²) in [7, 11) is 0. The maximum Gasteiger partial charge on any atom is -0.0771 e. The normalized spacial score (nSPS) is 10.9. The number of hydrogen-bond acceptors (Lipinski definition) is 2. The molecule has 1 aliphatic rings. The Balaban J connectivity index is 0.000000142. The van der Waals surface area contributed by atoms with Gasteiger partial charge in [0.05, 0.1) is 11.1 Å². The van der Waals surface area contributed by atoms with Gasteiger partial charge in [0.2, 0.25) is 0 Å². The van der Waals surface area contributed by atoms with Crippen LogP contribution in [0.2, 0.25) is 0 Å². The van der Waals surface area contributed by atoms with E-state index in [1.165, 1.54) is 21.5 Å². The summed E-state index contributed by atoms with van der Waals surface area (Å²) in [6, 6.07) is 44.7. The number of fused-ring (bicyclic) bond motifs is 5. The van der Waals surface area contributed by atoms with Crippen LogP contribution in [0.15, 0.2) is 158 Å². The third-order valence-electron chi connectivity index (χ3n) is 7.15. The van der Waals surface area contributed by atoms with E-state index in [0.29, 0.717) is 11.1 Å². The second-order valence-corrected chi connectivity index (χ2v) is 9.99. The molecule has 0 fully saturated rings. The van der Waals surface area contributed by atoms with Crippen molar-refractivity contribution >= 4 is 59.8 Å². The third kappa shape index (κ3) is 8.67. The minimum absolute atomic E-state index is 0.359. The molecule has 0 unspecified atom stereocenters. The summed E-state index contributed by atoms with van der Waals surface area (Å²) >= 11 is 1.75. The molecule has 2 N–H and O–H groups in total. The van der Waals surface area contributed by atoms with Crippen LogP contribution in [0.5, 0.6) is 0 Å². The van der Waals surface area contributed by atoms with Gasteiger partial charge in [0.15, 0.2) is 0 Å². The van der Waals surface area contributed by atoms with Gasteiger partial charge in [-0.25, -0.2) is 21.7 Å². The minimum Gasteiger partial charge on any atom is -0.126 e. The number of carboxylic acid groups (broad SMARTS) is 2. The average Bonchev–Trinajstić information content (AvgIpc) is 3.82. The van der Waals surface area contributed by atoms with Gasteiger partial charge in [0.1, 0.15) is 0 Å². The van der Waals surface area contributed by atoms with Gasteiger partial charge in [-0.2, -0.15) is 6.08 Å². The van der Waals surface area contributed by atoms with Crippen molar-refractivity contribution < 1.29 is 39.8 Å². The maximum absolute atomic E-state index is 10.8. The molecule has 7 aromatic rings. The van der Waals surface area contributed by atoms with Crippen LogP contribution in [0.1, 0.15) is 27.1 Å². The molecule has 0 aromatic heterocycles. The van der Waals surface area contributed by atoms with E-state index in [1.807, 2.05) is 72.8 Å². The SMILES string of the molecule is O=C(O)c1cccc2ccccc12.O=C(O)c1cccc2ccccc12.[C-]1=CC=CC1.[CH2]=[Ti+2].c1ccc2c(c1)[cH-]c1ccccc12. The van der Waals surface area contributed by atoms with Crippen molar-refractivity contribution in [2.45, 2.75) is 6.42 Å². The molecule has 0 spiro atoms. The first kappa shape index (κ1) is 33.6. The third-order valence-corrected chi connectivity index (χ3v) is 7.15. The molecule has 1 aliphatic carbocycles. The van der Waals surface area contributed by atoms with E-state index in [-0.39, 0.29) is 0 Å². The molecule has 4 nitrogen and oxygen atoms in total. The Morgan fingerprint density at radius 2 is 0.957 bits per heavy atom. The Labute approximate surface area is 279 Å². The molecule has 8 rings (SSSR count). The van der Waals surface area contributed by atoms with Gasteiger partial charge in [-0.15, -0.1) is 46.2 Å². The van der Waals surface area contributed by atoms with Crippen molar-refractivity contribution in [1.82, 2.24) is 0 Å². The average molecular weight is 637 g/mol. The molecular weight excluding hydrogens is 604 g/mol. The Morgan fingerprint density at radius 3 is 1.33 bits per heavy atom. The molecule has 7 aromatic carbocycles. The zero-order chi connectivity index (χ0) is 32.7. The number of allylic oxidation sites excluding steroid dienone is 4. The van der Waals surface area contributed by atoms with Gasteiger partial charge >= 0.3 is 36.7 Å². The van der Waals surface area contributed by atoms with Crippen molar-refractivity contribution in [3.63, 3.8) is 0 Å². The number of carboxylic acids is 2. The standard InChI is InChI=1S/C13H9.2C11H8O2.C5H5.CH2.Ti/c1-3-7-12-10(5-1)9-11-6-2-4-8-13(11)12;2*12-11(13)10-7-3-5-8-4-1-2-6-9(8)10;1-2-4-5-3-1;;/h1-9H;2*1-7H,(H,12,13);1-3H,4H2;1H2;/q-1;;;-1;;+2. The van der Waals surface area contributed by atoms with Crippen LogP contribution in [-0.2, 0) is 20.0 Å². The molecule has 224 valence electrons. The Bertz CT molecular complexity index is 1980. The van der Waals surface area contributed by atoms with Gasteiger partial charge in [-0.05, 0) is 33.7 Å². The molecule has 0 radical (unpaired) electrons. The van der Waals surface area contributed by atoms with Gasteiger partial charge in [-0.3, -0.25) is 6.08 Å². The fourth-order valence-electron chi connectivity index (χ4n) is 5.07. The van der Waals surface area contributed by atoms with Crippen LogP contribution in [0.4, 0.5) is 0 Å². The van der Waals surface area contributed by atoms with Crippen LogP contribution in [-0.4, -0.2) is 27.0 Å². The molecule has 0 bridgehead atoms. The van der Waals surface area contributed by atoms with E-state index in [1.54, 1.807) is 44.2 Å². The van der Waals surface area contributed by atoms with Crippen molar-refractivity contribution in [2.24, 2.45) is 0 Å². The van der Waals surface area contributed by atoms with E-state index < -0.39 is 11.9 Å². The molecule has 5 heteroatoms. The van der Waals surface area contributed by atoms with E-state index >= 15 is 0 Å². The minimum atomic E-state index is -0.878. The molecule has 0 atom stereocenters. The second-order valence-electron chi connectivity index (χ2n) is 9.99. The van der Waals surface area contributed by atoms with Crippen molar-refractivity contribution in [3.05, 3.63) is 175 Å². The Hall–Kier alpha value is -5.29. The van der Waals surface area contributed by atoms with E-state index in [4.69, 9.17) is 10.2 Å². The Kier molecular flexibility index (Phi) is 12.6. The summed E-state index contributed by atoms with van der Waals surface area (Å²) in [5, 5.41) is 26.7. The van der Waals surface area contributed by atoms with E-state index in [2.05, 4.69) is 71.6 Å². The first-order chi connectivity index (χ1) is 22.5. The monoisotopic (exact) mass is 636 g/mol. The van der Waals surface area contributed by atoms with Gasteiger partial charge in [0, 0.05) is 0 Å². The topological polar surface area (TPSA) is 74.6 Å². The predicted molar refractivity (Wildman–Crippen MR) is 188 cm³/mol. The summed E-state index contributed by atoms with van der Waals surface area (Å²) < 4.78 is 0. The number of hydrogen-bond donors (Lipinski definition) is 2. The number of rotatable bonds is 2. The molecular formula is C41H32O4Ti.